The Kier molecular flexibility index (Phi) is 5.97. The molecule has 118 valence electrons. The average molecular weight is 306 g/mol. The number of esters is 1. The van der Waals surface area contributed by atoms with Gasteiger partial charge in [0.15, 0.2) is 0 Å². The molecule has 1 rings (SSSR count). The first-order chi connectivity index (χ1) is 9.27. The van der Waals surface area contributed by atoms with Crippen LogP contribution in [0.4, 0.5) is 0 Å². The molecular formula is C13H26N2O4S. The number of rotatable bonds is 6. The van der Waals surface area contributed by atoms with E-state index in [0.717, 1.165) is 19.3 Å². The van der Waals surface area contributed by atoms with Gasteiger partial charge in [0.25, 0.3) is 10.2 Å². The highest BCUT2D eigenvalue weighted by Gasteiger charge is 2.41. The Bertz CT molecular complexity index is 438. The summed E-state index contributed by atoms with van der Waals surface area (Å²) < 4.78 is 33.8. The molecule has 1 N–H and O–H groups in total. The topological polar surface area (TPSA) is 75.7 Å². The molecule has 0 saturated carbocycles. The first kappa shape index (κ1) is 17.4. The fourth-order valence-corrected chi connectivity index (χ4v) is 4.51. The van der Waals surface area contributed by atoms with Crippen molar-refractivity contribution in [3.8, 4) is 0 Å². The Hall–Kier alpha value is -0.660. The van der Waals surface area contributed by atoms with Crippen LogP contribution in [0.2, 0.25) is 0 Å². The second-order valence-corrected chi connectivity index (χ2v) is 7.26. The maximum atomic E-state index is 12.5. The minimum absolute atomic E-state index is 0.0372. The number of nitrogens with zero attached hydrogens (tertiary/aromatic N) is 1. The van der Waals surface area contributed by atoms with Crippen LogP contribution in [-0.2, 0) is 19.7 Å². The van der Waals surface area contributed by atoms with E-state index in [1.54, 1.807) is 6.92 Å². The van der Waals surface area contributed by atoms with Crippen LogP contribution in [0.25, 0.3) is 0 Å². The monoisotopic (exact) mass is 306 g/mol. The highest BCUT2D eigenvalue weighted by molar-refractivity contribution is 7.87. The molecule has 1 aliphatic rings. The van der Waals surface area contributed by atoms with Gasteiger partial charge in [-0.15, -0.1) is 0 Å². The molecule has 2 atom stereocenters. The van der Waals surface area contributed by atoms with Gasteiger partial charge in [0, 0.05) is 12.6 Å². The summed E-state index contributed by atoms with van der Waals surface area (Å²) in [6, 6.07) is -0.0372. The van der Waals surface area contributed by atoms with Gasteiger partial charge in [-0.25, -0.2) is 0 Å². The Morgan fingerprint density at radius 2 is 2.10 bits per heavy atom. The molecular weight excluding hydrogens is 280 g/mol. The molecule has 0 bridgehead atoms. The number of carbonyl (C=O) groups excluding carboxylic acids is 1. The molecule has 0 aromatic carbocycles. The van der Waals surface area contributed by atoms with E-state index in [2.05, 4.69) is 4.72 Å². The zero-order valence-corrected chi connectivity index (χ0v) is 13.6. The van der Waals surface area contributed by atoms with Gasteiger partial charge in [-0.2, -0.15) is 17.4 Å². The lowest BCUT2D eigenvalue weighted by atomic mass is 9.98. The van der Waals surface area contributed by atoms with E-state index >= 15 is 0 Å². The summed E-state index contributed by atoms with van der Waals surface area (Å²) in [5.74, 6) is -0.549. The van der Waals surface area contributed by atoms with E-state index < -0.39 is 21.7 Å². The Morgan fingerprint density at radius 3 is 2.60 bits per heavy atom. The predicted molar refractivity (Wildman–Crippen MR) is 77.4 cm³/mol. The highest BCUT2D eigenvalue weighted by Crippen LogP contribution is 2.22. The van der Waals surface area contributed by atoms with Crippen molar-refractivity contribution in [3.05, 3.63) is 0 Å². The molecule has 0 aromatic heterocycles. The number of piperidine rings is 1. The zero-order chi connectivity index (χ0) is 15.4. The van der Waals surface area contributed by atoms with Gasteiger partial charge in [-0.1, -0.05) is 19.8 Å². The molecule has 0 aromatic rings. The molecule has 0 amide bonds. The first-order valence-electron chi connectivity index (χ1n) is 7.16. The molecule has 1 heterocycles. The third kappa shape index (κ3) is 3.93. The van der Waals surface area contributed by atoms with Gasteiger partial charge in [0.2, 0.25) is 0 Å². The van der Waals surface area contributed by atoms with Crippen LogP contribution in [0.3, 0.4) is 0 Å². The molecule has 0 radical (unpaired) electrons. The largest absolute Gasteiger partial charge is 0.468 e. The molecule has 6 nitrogen and oxygen atoms in total. The predicted octanol–water partition coefficient (Wildman–Crippen LogP) is 1.43. The molecule has 20 heavy (non-hydrogen) atoms. The number of hydrogen-bond donors (Lipinski definition) is 1. The second kappa shape index (κ2) is 6.87. The number of ether oxygens (including phenoxy) is 1. The van der Waals surface area contributed by atoms with Crippen LogP contribution < -0.4 is 4.72 Å². The van der Waals surface area contributed by atoms with Crippen LogP contribution in [0.15, 0.2) is 0 Å². The zero-order valence-electron chi connectivity index (χ0n) is 12.8. The molecule has 1 saturated heterocycles. The summed E-state index contributed by atoms with van der Waals surface area (Å²) in [6.45, 7) is 5.88. The average Bonchev–Trinajstić information content (AvgIpc) is 2.37. The normalized spacial score (nSPS) is 24.1. The third-order valence-electron chi connectivity index (χ3n) is 3.79. The Balaban J connectivity index is 2.93. The maximum absolute atomic E-state index is 12.5. The summed E-state index contributed by atoms with van der Waals surface area (Å²) in [4.78, 5) is 11.9. The summed E-state index contributed by atoms with van der Waals surface area (Å²) >= 11 is 0. The molecule has 1 fully saturated rings. The first-order valence-corrected chi connectivity index (χ1v) is 8.60. The SMILES string of the molecule is CCCC(C)(NS(=O)(=O)N1CCCCC1C)C(=O)OC. The molecule has 1 aliphatic heterocycles. The summed E-state index contributed by atoms with van der Waals surface area (Å²) in [7, 11) is -2.41. The minimum atomic E-state index is -3.68. The fraction of sp³-hybridized carbons (Fsp3) is 0.923. The minimum Gasteiger partial charge on any atom is -0.468 e. The van der Waals surface area contributed by atoms with Crippen LogP contribution >= 0.6 is 0 Å². The summed E-state index contributed by atoms with van der Waals surface area (Å²) in [6.07, 6.45) is 3.83. The lowest BCUT2D eigenvalue weighted by molar-refractivity contribution is -0.147. The van der Waals surface area contributed by atoms with Crippen molar-refractivity contribution in [2.24, 2.45) is 0 Å². The van der Waals surface area contributed by atoms with Crippen molar-refractivity contribution in [2.45, 2.75) is 64.5 Å². The van der Waals surface area contributed by atoms with E-state index in [1.807, 2.05) is 13.8 Å². The van der Waals surface area contributed by atoms with Gasteiger partial charge < -0.3 is 4.74 Å². The third-order valence-corrected chi connectivity index (χ3v) is 5.66. The Labute approximate surface area is 122 Å². The van der Waals surface area contributed by atoms with Crippen molar-refractivity contribution in [2.75, 3.05) is 13.7 Å². The van der Waals surface area contributed by atoms with Gasteiger partial charge >= 0.3 is 5.97 Å². The number of nitrogens with one attached hydrogen (secondary N) is 1. The van der Waals surface area contributed by atoms with Crippen LogP contribution in [0.5, 0.6) is 0 Å². The quantitative estimate of drug-likeness (QED) is 0.753. The second-order valence-electron chi connectivity index (χ2n) is 5.64. The Morgan fingerprint density at radius 1 is 1.45 bits per heavy atom. The molecule has 0 aliphatic carbocycles. The van der Waals surface area contributed by atoms with Gasteiger partial charge in [-0.05, 0) is 33.1 Å². The van der Waals surface area contributed by atoms with E-state index in [-0.39, 0.29) is 6.04 Å². The van der Waals surface area contributed by atoms with E-state index in [9.17, 15) is 13.2 Å². The van der Waals surface area contributed by atoms with Crippen molar-refractivity contribution < 1.29 is 17.9 Å². The van der Waals surface area contributed by atoms with E-state index in [0.29, 0.717) is 19.4 Å². The van der Waals surface area contributed by atoms with Crippen molar-refractivity contribution >= 4 is 16.2 Å². The smallest absolute Gasteiger partial charge is 0.326 e. The summed E-state index contributed by atoms with van der Waals surface area (Å²) in [5.41, 5.74) is -1.21. The lowest BCUT2D eigenvalue weighted by Gasteiger charge is -2.36. The number of methoxy groups -OCH3 is 1. The lowest BCUT2D eigenvalue weighted by Crippen LogP contribution is -2.58. The van der Waals surface area contributed by atoms with E-state index in [1.165, 1.54) is 11.4 Å². The number of carbonyl (C=O) groups is 1. The van der Waals surface area contributed by atoms with E-state index in [4.69, 9.17) is 4.74 Å². The van der Waals surface area contributed by atoms with Crippen molar-refractivity contribution in [3.63, 3.8) is 0 Å². The number of hydrogen-bond acceptors (Lipinski definition) is 4. The molecule has 0 spiro atoms. The van der Waals surface area contributed by atoms with Gasteiger partial charge in [0.05, 0.1) is 7.11 Å². The fourth-order valence-electron chi connectivity index (χ4n) is 2.69. The van der Waals surface area contributed by atoms with Crippen LogP contribution in [-0.4, -0.2) is 43.9 Å². The standard InChI is InChI=1S/C13H26N2O4S/c1-5-9-13(3,12(16)19-4)14-20(17,18)15-10-7-6-8-11(15)2/h11,14H,5-10H2,1-4H3. The summed E-state index contributed by atoms with van der Waals surface area (Å²) in [5, 5.41) is 0. The highest BCUT2D eigenvalue weighted by atomic mass is 32.2. The maximum Gasteiger partial charge on any atom is 0.326 e. The van der Waals surface area contributed by atoms with Gasteiger partial charge in [-0.3, -0.25) is 4.79 Å². The van der Waals surface area contributed by atoms with Gasteiger partial charge in [0.1, 0.15) is 5.54 Å². The van der Waals surface area contributed by atoms with Crippen molar-refractivity contribution in [1.29, 1.82) is 0 Å². The molecule has 2 unspecified atom stereocenters. The van der Waals surface area contributed by atoms with Crippen molar-refractivity contribution in [1.82, 2.24) is 9.03 Å². The van der Waals surface area contributed by atoms with Crippen LogP contribution in [0.1, 0.15) is 52.9 Å². The molecule has 7 heteroatoms. The van der Waals surface area contributed by atoms with Crippen LogP contribution in [0, 0.1) is 0 Å².